The van der Waals surface area contributed by atoms with Crippen LogP contribution in [-0.2, 0) is 6.54 Å². The number of aliphatic hydroxyl groups is 1. The van der Waals surface area contributed by atoms with Gasteiger partial charge in [-0.05, 0) is 13.3 Å². The molecule has 17 heavy (non-hydrogen) atoms. The highest BCUT2D eigenvalue weighted by atomic mass is 16.3. The highest BCUT2D eigenvalue weighted by molar-refractivity contribution is 5.15. The van der Waals surface area contributed by atoms with Crippen LogP contribution in [0.5, 0.6) is 0 Å². The van der Waals surface area contributed by atoms with Gasteiger partial charge in [0.15, 0.2) is 0 Å². The fourth-order valence-corrected chi connectivity index (χ4v) is 1.56. The highest BCUT2D eigenvalue weighted by Gasteiger charge is 2.17. The lowest BCUT2D eigenvalue weighted by molar-refractivity contribution is 0.202. The fraction of sp³-hybridized carbons (Fsp3) is 0.455. The van der Waals surface area contributed by atoms with Gasteiger partial charge in [-0.1, -0.05) is 12.1 Å². The first kappa shape index (κ1) is 11.7. The van der Waals surface area contributed by atoms with Crippen LogP contribution in [0.25, 0.3) is 0 Å². The molecule has 2 aromatic rings. The summed E-state index contributed by atoms with van der Waals surface area (Å²) in [5.74, 6) is 0. The van der Waals surface area contributed by atoms with Gasteiger partial charge in [0.25, 0.3) is 0 Å². The maximum atomic E-state index is 10.2. The van der Waals surface area contributed by atoms with Gasteiger partial charge in [-0.15, -0.1) is 5.10 Å². The number of aliphatic hydroxyl groups excluding tert-OH is 1. The second-order valence-corrected chi connectivity index (χ2v) is 3.87. The third-order valence-electron chi connectivity index (χ3n) is 2.44. The van der Waals surface area contributed by atoms with E-state index in [1.54, 1.807) is 23.3 Å². The Balaban J connectivity index is 2.26. The van der Waals surface area contributed by atoms with Gasteiger partial charge in [0.2, 0.25) is 0 Å². The van der Waals surface area contributed by atoms with Crippen molar-refractivity contribution in [3.63, 3.8) is 0 Å². The summed E-state index contributed by atoms with van der Waals surface area (Å²) in [7, 11) is 0. The average molecular weight is 233 g/mol. The topological polar surface area (TPSA) is 76.7 Å². The molecule has 1 unspecified atom stereocenters. The van der Waals surface area contributed by atoms with Crippen molar-refractivity contribution in [1.29, 1.82) is 0 Å². The number of aromatic nitrogens is 5. The van der Waals surface area contributed by atoms with Crippen LogP contribution in [0.4, 0.5) is 0 Å². The summed E-state index contributed by atoms with van der Waals surface area (Å²) in [6.45, 7) is 4.63. The molecule has 1 N–H and O–H groups in total. The van der Waals surface area contributed by atoms with E-state index in [0.29, 0.717) is 11.4 Å². The minimum atomic E-state index is -0.829. The van der Waals surface area contributed by atoms with E-state index in [4.69, 9.17) is 0 Å². The van der Waals surface area contributed by atoms with Crippen molar-refractivity contribution in [3.8, 4) is 0 Å². The van der Waals surface area contributed by atoms with E-state index in [-0.39, 0.29) is 0 Å². The Bertz CT molecular complexity index is 479. The van der Waals surface area contributed by atoms with Gasteiger partial charge in [0.05, 0.1) is 29.5 Å². The zero-order valence-electron chi connectivity index (χ0n) is 9.91. The molecule has 2 heterocycles. The Labute approximate surface area is 99.3 Å². The van der Waals surface area contributed by atoms with E-state index in [2.05, 4.69) is 20.3 Å². The predicted molar refractivity (Wildman–Crippen MR) is 61.1 cm³/mol. The summed E-state index contributed by atoms with van der Waals surface area (Å²) >= 11 is 0. The number of hydrogen-bond donors (Lipinski definition) is 1. The van der Waals surface area contributed by atoms with Crippen LogP contribution in [0, 0.1) is 6.92 Å². The lowest BCUT2D eigenvalue weighted by Gasteiger charge is -2.11. The van der Waals surface area contributed by atoms with E-state index in [0.717, 1.165) is 18.7 Å². The van der Waals surface area contributed by atoms with Crippen LogP contribution in [0.15, 0.2) is 18.6 Å². The van der Waals surface area contributed by atoms with Crippen molar-refractivity contribution >= 4 is 0 Å². The van der Waals surface area contributed by atoms with Gasteiger partial charge in [-0.2, -0.15) is 0 Å². The molecule has 0 amide bonds. The van der Waals surface area contributed by atoms with Gasteiger partial charge in [-0.3, -0.25) is 9.97 Å². The molecule has 0 spiro atoms. The molecular formula is C11H15N5O. The molecule has 0 aromatic carbocycles. The van der Waals surface area contributed by atoms with Crippen molar-refractivity contribution in [3.05, 3.63) is 35.7 Å². The smallest absolute Gasteiger partial charge is 0.141 e. The van der Waals surface area contributed by atoms with Gasteiger partial charge >= 0.3 is 0 Å². The van der Waals surface area contributed by atoms with Crippen LogP contribution in [0.3, 0.4) is 0 Å². The van der Waals surface area contributed by atoms with Crippen molar-refractivity contribution in [2.45, 2.75) is 32.9 Å². The number of nitrogens with zero attached hydrogens (tertiary/aromatic N) is 5. The van der Waals surface area contributed by atoms with Crippen LogP contribution < -0.4 is 0 Å². The SMILES string of the molecule is CCCn1nncc1C(O)c1cnc(C)cn1. The summed E-state index contributed by atoms with van der Waals surface area (Å²) < 4.78 is 1.69. The maximum absolute atomic E-state index is 10.2. The fourth-order valence-electron chi connectivity index (χ4n) is 1.56. The van der Waals surface area contributed by atoms with E-state index in [1.807, 2.05) is 13.8 Å². The largest absolute Gasteiger partial charge is 0.380 e. The van der Waals surface area contributed by atoms with Crippen molar-refractivity contribution in [1.82, 2.24) is 25.0 Å². The Morgan fingerprint density at radius 3 is 2.76 bits per heavy atom. The molecule has 0 aliphatic rings. The molecule has 6 heteroatoms. The Morgan fingerprint density at radius 1 is 1.29 bits per heavy atom. The standard InChI is InChI=1S/C11H15N5O/c1-3-4-16-10(7-14-15-16)11(17)9-6-12-8(2)5-13-9/h5-7,11,17H,3-4H2,1-2H3. The third kappa shape index (κ3) is 2.47. The van der Waals surface area contributed by atoms with Gasteiger partial charge < -0.3 is 5.11 Å². The molecule has 0 aliphatic heterocycles. The molecule has 90 valence electrons. The molecule has 6 nitrogen and oxygen atoms in total. The summed E-state index contributed by atoms with van der Waals surface area (Å²) in [5.41, 5.74) is 1.97. The van der Waals surface area contributed by atoms with E-state index < -0.39 is 6.10 Å². The third-order valence-corrected chi connectivity index (χ3v) is 2.44. The molecule has 0 radical (unpaired) electrons. The Kier molecular flexibility index (Phi) is 3.43. The lowest BCUT2D eigenvalue weighted by Crippen LogP contribution is -2.11. The summed E-state index contributed by atoms with van der Waals surface area (Å²) in [5, 5.41) is 17.9. The van der Waals surface area contributed by atoms with Gasteiger partial charge in [0.1, 0.15) is 6.10 Å². The van der Waals surface area contributed by atoms with Gasteiger partial charge in [0, 0.05) is 12.7 Å². The first-order chi connectivity index (χ1) is 8.22. The summed E-state index contributed by atoms with van der Waals surface area (Å²) in [4.78, 5) is 8.27. The molecule has 0 aliphatic carbocycles. The molecule has 2 rings (SSSR count). The van der Waals surface area contributed by atoms with E-state index in [1.165, 1.54) is 0 Å². The second kappa shape index (κ2) is 5.01. The molecule has 0 saturated heterocycles. The van der Waals surface area contributed by atoms with E-state index in [9.17, 15) is 5.11 Å². The minimum absolute atomic E-state index is 0.509. The number of hydrogen-bond acceptors (Lipinski definition) is 5. The number of rotatable bonds is 4. The van der Waals surface area contributed by atoms with Crippen LogP contribution in [0.2, 0.25) is 0 Å². The monoisotopic (exact) mass is 233 g/mol. The second-order valence-electron chi connectivity index (χ2n) is 3.87. The maximum Gasteiger partial charge on any atom is 0.141 e. The molecule has 0 fully saturated rings. The minimum Gasteiger partial charge on any atom is -0.380 e. The molecule has 1 atom stereocenters. The van der Waals surface area contributed by atoms with E-state index >= 15 is 0 Å². The molecule has 0 saturated carbocycles. The predicted octanol–water partition coefficient (Wildman–Crippen LogP) is 0.868. The van der Waals surface area contributed by atoms with Crippen molar-refractivity contribution in [2.24, 2.45) is 0 Å². The average Bonchev–Trinajstić information content (AvgIpc) is 2.78. The molecular weight excluding hydrogens is 218 g/mol. The van der Waals surface area contributed by atoms with Gasteiger partial charge in [-0.25, -0.2) is 4.68 Å². The first-order valence-corrected chi connectivity index (χ1v) is 5.57. The molecule has 0 bridgehead atoms. The Morgan fingerprint density at radius 2 is 2.12 bits per heavy atom. The summed E-state index contributed by atoms with van der Waals surface area (Å²) in [6, 6.07) is 0. The van der Waals surface area contributed by atoms with Crippen LogP contribution in [-0.4, -0.2) is 30.1 Å². The normalized spacial score (nSPS) is 12.6. The lowest BCUT2D eigenvalue weighted by atomic mass is 10.2. The zero-order valence-corrected chi connectivity index (χ0v) is 9.91. The zero-order chi connectivity index (χ0) is 12.3. The first-order valence-electron chi connectivity index (χ1n) is 5.57. The van der Waals surface area contributed by atoms with Crippen molar-refractivity contribution < 1.29 is 5.11 Å². The molecule has 2 aromatic heterocycles. The number of aryl methyl sites for hydroxylation is 2. The van der Waals surface area contributed by atoms with Crippen LogP contribution >= 0.6 is 0 Å². The van der Waals surface area contributed by atoms with Crippen molar-refractivity contribution in [2.75, 3.05) is 0 Å². The quantitative estimate of drug-likeness (QED) is 0.847. The highest BCUT2D eigenvalue weighted by Crippen LogP contribution is 2.18. The summed E-state index contributed by atoms with van der Waals surface area (Å²) in [6.07, 6.45) is 4.87. The van der Waals surface area contributed by atoms with Crippen LogP contribution in [0.1, 0.15) is 36.5 Å². The Hall–Kier alpha value is -1.82.